The Morgan fingerprint density at radius 1 is 1.32 bits per heavy atom. The molecule has 0 saturated carbocycles. The van der Waals surface area contributed by atoms with Crippen LogP contribution < -0.4 is 5.32 Å². The quantitative estimate of drug-likeness (QED) is 0.460. The molecule has 4 nitrogen and oxygen atoms in total. The second-order valence-electron chi connectivity index (χ2n) is 5.96. The Bertz CT molecular complexity index is 612. The third-order valence-electron chi connectivity index (χ3n) is 3.61. The predicted octanol–water partition coefficient (Wildman–Crippen LogP) is 5.29. The lowest BCUT2D eigenvalue weighted by Gasteiger charge is -2.14. The summed E-state index contributed by atoms with van der Waals surface area (Å²) in [5.74, 6) is -0.984. The molecule has 0 aliphatic heterocycles. The van der Waals surface area contributed by atoms with Gasteiger partial charge in [0.1, 0.15) is 11.1 Å². The van der Waals surface area contributed by atoms with E-state index in [1.807, 2.05) is 20.8 Å². The van der Waals surface area contributed by atoms with Crippen molar-refractivity contribution in [2.75, 3.05) is 11.9 Å². The lowest BCUT2D eigenvalue weighted by atomic mass is 10.1. The van der Waals surface area contributed by atoms with Crippen molar-refractivity contribution in [2.24, 2.45) is 5.92 Å². The first kappa shape index (κ1) is 21.8. The molecule has 2 unspecified atom stereocenters. The number of rotatable bonds is 9. The number of carbonyl (C=O) groups is 2. The fraction of sp³-hybridized carbons (Fsp3) is 0.556. The number of thioether (sulfide) groups is 1. The number of esters is 1. The van der Waals surface area contributed by atoms with Crippen LogP contribution in [-0.2, 0) is 14.3 Å². The van der Waals surface area contributed by atoms with Crippen LogP contribution in [0.3, 0.4) is 0 Å². The molecule has 0 bridgehead atoms. The Morgan fingerprint density at radius 2 is 2.00 bits per heavy atom. The fourth-order valence-electron chi connectivity index (χ4n) is 1.94. The minimum Gasteiger partial charge on any atom is -0.465 e. The highest BCUT2D eigenvalue weighted by atomic mass is 35.5. The van der Waals surface area contributed by atoms with Crippen molar-refractivity contribution in [3.05, 3.63) is 23.0 Å². The van der Waals surface area contributed by atoms with Gasteiger partial charge in [0.2, 0.25) is 5.91 Å². The summed E-state index contributed by atoms with van der Waals surface area (Å²) < 4.78 is 19.2. The average molecular weight is 390 g/mol. The number of amides is 1. The summed E-state index contributed by atoms with van der Waals surface area (Å²) in [5.41, 5.74) is 0.0642. The number of hydrogen-bond acceptors (Lipinski definition) is 4. The van der Waals surface area contributed by atoms with E-state index in [1.165, 1.54) is 17.8 Å². The van der Waals surface area contributed by atoms with Gasteiger partial charge in [0.25, 0.3) is 0 Å². The van der Waals surface area contributed by atoms with Gasteiger partial charge in [0.05, 0.1) is 17.3 Å². The van der Waals surface area contributed by atoms with Crippen molar-refractivity contribution in [2.45, 2.75) is 57.1 Å². The van der Waals surface area contributed by atoms with Gasteiger partial charge in [-0.15, -0.1) is 11.8 Å². The van der Waals surface area contributed by atoms with E-state index in [1.54, 1.807) is 6.92 Å². The number of halogens is 2. The Morgan fingerprint density at radius 3 is 2.60 bits per heavy atom. The van der Waals surface area contributed by atoms with Crippen LogP contribution in [0, 0.1) is 11.7 Å². The summed E-state index contributed by atoms with van der Waals surface area (Å²) in [6.07, 6.45) is 1.93. The maximum atomic E-state index is 14.1. The van der Waals surface area contributed by atoms with E-state index in [9.17, 15) is 14.0 Å². The van der Waals surface area contributed by atoms with Gasteiger partial charge in [-0.3, -0.25) is 9.59 Å². The van der Waals surface area contributed by atoms with Crippen LogP contribution in [0.5, 0.6) is 0 Å². The molecule has 1 aromatic carbocycles. The summed E-state index contributed by atoms with van der Waals surface area (Å²) in [6.45, 7) is 7.93. The molecule has 0 aliphatic carbocycles. The first-order chi connectivity index (χ1) is 11.8. The van der Waals surface area contributed by atoms with Gasteiger partial charge in [0.15, 0.2) is 0 Å². The van der Waals surface area contributed by atoms with E-state index >= 15 is 0 Å². The number of ether oxygens (including phenoxy) is 1. The molecule has 140 valence electrons. The zero-order valence-corrected chi connectivity index (χ0v) is 16.6. The summed E-state index contributed by atoms with van der Waals surface area (Å²) in [6, 6.07) is 2.60. The lowest BCUT2D eigenvalue weighted by Crippen LogP contribution is -2.18. The number of benzene rings is 1. The van der Waals surface area contributed by atoms with E-state index in [-0.39, 0.29) is 28.5 Å². The second-order valence-corrected chi connectivity index (χ2v) is 7.75. The molecule has 1 amide bonds. The van der Waals surface area contributed by atoms with Gasteiger partial charge >= 0.3 is 5.97 Å². The molecular weight excluding hydrogens is 365 g/mol. The van der Waals surface area contributed by atoms with Crippen LogP contribution in [0.2, 0.25) is 5.02 Å². The minimum atomic E-state index is -0.604. The van der Waals surface area contributed by atoms with Crippen LogP contribution in [-0.4, -0.2) is 23.7 Å². The second kappa shape index (κ2) is 10.7. The topological polar surface area (TPSA) is 55.4 Å². The third-order valence-corrected chi connectivity index (χ3v) is 5.17. The Balaban J connectivity index is 2.85. The molecular formula is C18H25ClFNO3S. The van der Waals surface area contributed by atoms with E-state index < -0.39 is 11.1 Å². The summed E-state index contributed by atoms with van der Waals surface area (Å²) >= 11 is 7.24. The molecule has 1 rings (SSSR count). The Kier molecular flexibility index (Phi) is 9.28. The molecule has 1 N–H and O–H groups in total. The minimum absolute atomic E-state index is 0.0642. The van der Waals surface area contributed by atoms with Crippen LogP contribution >= 0.6 is 23.4 Å². The van der Waals surface area contributed by atoms with Crippen molar-refractivity contribution >= 4 is 40.9 Å². The van der Waals surface area contributed by atoms with Crippen LogP contribution in [0.1, 0.15) is 47.0 Å². The number of carbonyl (C=O) groups excluding carboxylic acids is 2. The first-order valence-electron chi connectivity index (χ1n) is 8.40. The van der Waals surface area contributed by atoms with E-state index in [0.29, 0.717) is 17.9 Å². The highest BCUT2D eigenvalue weighted by Gasteiger charge is 2.19. The van der Waals surface area contributed by atoms with Gasteiger partial charge < -0.3 is 10.1 Å². The fourth-order valence-corrected chi connectivity index (χ4v) is 3.12. The van der Waals surface area contributed by atoms with Crippen LogP contribution in [0.15, 0.2) is 17.0 Å². The summed E-state index contributed by atoms with van der Waals surface area (Å²) in [7, 11) is 0. The molecule has 1 aromatic rings. The predicted molar refractivity (Wildman–Crippen MR) is 101 cm³/mol. The molecule has 0 saturated heterocycles. The smallest absolute Gasteiger partial charge is 0.319 e. The zero-order chi connectivity index (χ0) is 19.0. The van der Waals surface area contributed by atoms with Crippen molar-refractivity contribution < 1.29 is 18.7 Å². The maximum absolute atomic E-state index is 14.1. The van der Waals surface area contributed by atoms with Gasteiger partial charge in [-0.1, -0.05) is 38.8 Å². The van der Waals surface area contributed by atoms with E-state index in [0.717, 1.165) is 18.9 Å². The monoisotopic (exact) mass is 389 g/mol. The largest absolute Gasteiger partial charge is 0.465 e. The van der Waals surface area contributed by atoms with Crippen molar-refractivity contribution in [1.29, 1.82) is 0 Å². The molecule has 0 spiro atoms. The van der Waals surface area contributed by atoms with Gasteiger partial charge in [-0.2, -0.15) is 0 Å². The maximum Gasteiger partial charge on any atom is 0.319 e. The summed E-state index contributed by atoms with van der Waals surface area (Å²) in [4.78, 5) is 24.4. The van der Waals surface area contributed by atoms with Gasteiger partial charge in [-0.05, 0) is 31.4 Å². The van der Waals surface area contributed by atoms with Crippen molar-refractivity contribution in [3.8, 4) is 0 Å². The van der Waals surface area contributed by atoms with E-state index in [2.05, 4.69) is 5.32 Å². The number of anilines is 1. The van der Waals surface area contributed by atoms with Gasteiger partial charge in [-0.25, -0.2) is 4.39 Å². The van der Waals surface area contributed by atoms with Gasteiger partial charge in [0, 0.05) is 11.3 Å². The molecule has 0 heterocycles. The highest BCUT2D eigenvalue weighted by molar-refractivity contribution is 8.00. The Labute approximate surface area is 157 Å². The molecule has 25 heavy (non-hydrogen) atoms. The van der Waals surface area contributed by atoms with Crippen LogP contribution in [0.4, 0.5) is 10.1 Å². The lowest BCUT2D eigenvalue weighted by molar-refractivity contribution is -0.142. The normalized spacial score (nSPS) is 13.2. The third kappa shape index (κ3) is 7.24. The average Bonchev–Trinajstić information content (AvgIpc) is 2.56. The molecule has 0 aliphatic rings. The Hall–Kier alpha value is -1.27. The first-order valence-corrected chi connectivity index (χ1v) is 9.66. The molecule has 2 atom stereocenters. The number of nitrogens with one attached hydrogen (secondary N) is 1. The van der Waals surface area contributed by atoms with Crippen LogP contribution in [0.25, 0.3) is 0 Å². The number of hydrogen-bond donors (Lipinski definition) is 1. The van der Waals surface area contributed by atoms with Crippen molar-refractivity contribution in [1.82, 2.24) is 0 Å². The highest BCUT2D eigenvalue weighted by Crippen LogP contribution is 2.35. The SMILES string of the molecule is CCCOC(=O)C(C)Sc1cc(NC(=O)CC(C)CC)c(F)cc1Cl. The molecule has 7 heteroatoms. The molecule has 0 aromatic heterocycles. The summed E-state index contributed by atoms with van der Waals surface area (Å²) in [5, 5.41) is 2.28. The molecule has 0 fully saturated rings. The molecule has 0 radical (unpaired) electrons. The van der Waals surface area contributed by atoms with Crippen molar-refractivity contribution in [3.63, 3.8) is 0 Å². The standard InChI is InChI=1S/C18H25ClFNO3S/c1-5-7-24-18(23)12(4)25-16-10-15(14(20)9-13(16)19)21-17(22)8-11(3)6-2/h9-12H,5-8H2,1-4H3,(H,21,22). The van der Waals surface area contributed by atoms with E-state index in [4.69, 9.17) is 16.3 Å². The zero-order valence-electron chi connectivity index (χ0n) is 15.0.